The number of nitrogens with zero attached hydrogens (tertiary/aromatic N) is 1. The lowest BCUT2D eigenvalue weighted by Gasteiger charge is -2.31. The first-order valence-electron chi connectivity index (χ1n) is 10.2. The Labute approximate surface area is 199 Å². The number of guanidine groups is 1. The van der Waals surface area contributed by atoms with Crippen molar-refractivity contribution in [2.75, 3.05) is 20.2 Å². The largest absolute Gasteiger partial charge is 0.492 e. The average Bonchev–Trinajstić information content (AvgIpc) is 2.66. The van der Waals surface area contributed by atoms with Gasteiger partial charge in [-0.15, -0.1) is 24.0 Å². The molecule has 1 saturated carbocycles. The van der Waals surface area contributed by atoms with Crippen LogP contribution in [0.25, 0.3) is 0 Å². The Morgan fingerprint density at radius 3 is 2.26 bits per heavy atom. The van der Waals surface area contributed by atoms with Crippen LogP contribution in [0.3, 0.4) is 0 Å². The molecule has 0 aromatic heterocycles. The van der Waals surface area contributed by atoms with Crippen LogP contribution in [-0.4, -0.2) is 49.9 Å². The first-order valence-corrected chi connectivity index (χ1v) is 10.2. The smallest absolute Gasteiger partial charge is 0.407 e. The van der Waals surface area contributed by atoms with Crippen LogP contribution in [0.5, 0.6) is 5.75 Å². The van der Waals surface area contributed by atoms with E-state index in [2.05, 4.69) is 20.9 Å². The van der Waals surface area contributed by atoms with E-state index in [0.717, 1.165) is 37.8 Å². The third kappa shape index (κ3) is 10.3. The second-order valence-electron chi connectivity index (χ2n) is 8.26. The molecule has 1 amide bonds. The van der Waals surface area contributed by atoms with Crippen molar-refractivity contribution < 1.29 is 23.0 Å². The molecular weight excluding hydrogens is 521 g/mol. The van der Waals surface area contributed by atoms with E-state index >= 15 is 0 Å². The number of amides is 1. The zero-order chi connectivity index (χ0) is 22.1. The van der Waals surface area contributed by atoms with Crippen molar-refractivity contribution in [3.05, 3.63) is 29.8 Å². The van der Waals surface area contributed by atoms with Crippen LogP contribution >= 0.6 is 24.0 Å². The molecule has 0 bridgehead atoms. The molecule has 3 N–H and O–H groups in total. The van der Waals surface area contributed by atoms with E-state index in [4.69, 9.17) is 9.47 Å². The van der Waals surface area contributed by atoms with E-state index < -0.39 is 17.2 Å². The van der Waals surface area contributed by atoms with Gasteiger partial charge in [-0.3, -0.25) is 4.99 Å². The van der Waals surface area contributed by atoms with E-state index in [1.807, 2.05) is 20.8 Å². The molecule has 1 fully saturated rings. The Bertz CT molecular complexity index is 736. The molecular formula is C21H33F2IN4O3. The Balaban J connectivity index is 0.00000480. The molecule has 7 nitrogen and oxygen atoms in total. The van der Waals surface area contributed by atoms with Gasteiger partial charge in [0.25, 0.3) is 0 Å². The number of aliphatic imine (C=N–C) groups is 1. The summed E-state index contributed by atoms with van der Waals surface area (Å²) in [5.74, 6) is -0.919. The maximum Gasteiger partial charge on any atom is 0.407 e. The second kappa shape index (κ2) is 12.9. The zero-order valence-electron chi connectivity index (χ0n) is 18.5. The van der Waals surface area contributed by atoms with Crippen molar-refractivity contribution in [1.29, 1.82) is 0 Å². The molecule has 1 aliphatic rings. The number of carbonyl (C=O) groups is 1. The summed E-state index contributed by atoms with van der Waals surface area (Å²) in [6.07, 6.45) is 3.12. The number of hydrogen-bond donors (Lipinski definition) is 3. The normalized spacial score (nSPS) is 19.1. The van der Waals surface area contributed by atoms with Crippen molar-refractivity contribution in [3.8, 4) is 5.75 Å². The summed E-state index contributed by atoms with van der Waals surface area (Å²) in [5, 5.41) is 9.43. The van der Waals surface area contributed by atoms with Gasteiger partial charge in [-0.2, -0.15) is 0 Å². The topological polar surface area (TPSA) is 84.0 Å². The van der Waals surface area contributed by atoms with Gasteiger partial charge in [0.15, 0.2) is 17.6 Å². The number of benzene rings is 1. The first-order chi connectivity index (χ1) is 14.2. The maximum atomic E-state index is 13.2. The molecule has 31 heavy (non-hydrogen) atoms. The van der Waals surface area contributed by atoms with Crippen LogP contribution in [0.15, 0.2) is 23.2 Å². The van der Waals surface area contributed by atoms with Crippen LogP contribution in [-0.2, 0) is 4.74 Å². The van der Waals surface area contributed by atoms with E-state index in [9.17, 15) is 13.6 Å². The summed E-state index contributed by atoms with van der Waals surface area (Å²) in [6.45, 7) is 6.26. The van der Waals surface area contributed by atoms with Crippen molar-refractivity contribution in [1.82, 2.24) is 16.0 Å². The summed E-state index contributed by atoms with van der Waals surface area (Å²) >= 11 is 0. The Hall–Kier alpha value is -1.85. The number of alkyl carbamates (subject to hydrolysis) is 1. The molecule has 0 spiro atoms. The summed E-state index contributed by atoms with van der Waals surface area (Å²) in [5.41, 5.74) is -0.504. The average molecular weight is 554 g/mol. The molecule has 0 aliphatic heterocycles. The highest BCUT2D eigenvalue weighted by Gasteiger charge is 2.25. The molecule has 0 saturated heterocycles. The molecule has 1 aliphatic carbocycles. The number of nitrogens with one attached hydrogen (secondary N) is 3. The summed E-state index contributed by atoms with van der Waals surface area (Å²) in [6, 6.07) is 3.80. The van der Waals surface area contributed by atoms with Crippen molar-refractivity contribution in [2.45, 2.75) is 64.1 Å². The molecule has 1 aromatic rings. The lowest BCUT2D eigenvalue weighted by atomic mass is 9.91. The van der Waals surface area contributed by atoms with Gasteiger partial charge in [0, 0.05) is 25.2 Å². The zero-order valence-corrected chi connectivity index (χ0v) is 20.8. The van der Waals surface area contributed by atoms with Gasteiger partial charge >= 0.3 is 6.09 Å². The standard InChI is InChI=1S/C21H32F2N4O3.HI/c1-21(2,3)30-20(28)27-15-7-5-14(6-8-15)26-19(24-4)25-11-12-29-16-9-10-17(22)18(23)13-16;/h9-10,13-15H,5-8,11-12H2,1-4H3,(H,27,28)(H2,24,25,26);1H. The molecule has 0 heterocycles. The Morgan fingerprint density at radius 2 is 1.71 bits per heavy atom. The highest BCUT2D eigenvalue weighted by Crippen LogP contribution is 2.19. The van der Waals surface area contributed by atoms with E-state index in [1.165, 1.54) is 6.07 Å². The highest BCUT2D eigenvalue weighted by atomic mass is 127. The van der Waals surface area contributed by atoms with Gasteiger partial charge < -0.3 is 25.4 Å². The highest BCUT2D eigenvalue weighted by molar-refractivity contribution is 14.0. The van der Waals surface area contributed by atoms with Gasteiger partial charge in [-0.25, -0.2) is 13.6 Å². The number of halogens is 3. The number of carbonyl (C=O) groups excluding carboxylic acids is 1. The Kier molecular flexibility index (Phi) is 11.3. The lowest BCUT2D eigenvalue weighted by Crippen LogP contribution is -2.48. The fourth-order valence-electron chi connectivity index (χ4n) is 3.15. The number of hydrogen-bond acceptors (Lipinski definition) is 4. The molecule has 176 valence electrons. The first kappa shape index (κ1) is 27.2. The molecule has 0 radical (unpaired) electrons. The fraction of sp³-hybridized carbons (Fsp3) is 0.619. The van der Waals surface area contributed by atoms with Gasteiger partial charge in [0.1, 0.15) is 18.0 Å². The van der Waals surface area contributed by atoms with Gasteiger partial charge in [0.2, 0.25) is 0 Å². The molecule has 0 atom stereocenters. The number of ether oxygens (including phenoxy) is 2. The van der Waals surface area contributed by atoms with Crippen LogP contribution in [0.2, 0.25) is 0 Å². The summed E-state index contributed by atoms with van der Waals surface area (Å²) in [4.78, 5) is 16.1. The number of rotatable bonds is 6. The summed E-state index contributed by atoms with van der Waals surface area (Å²) < 4.78 is 36.8. The SMILES string of the molecule is CN=C(NCCOc1ccc(F)c(F)c1)NC1CCC(NC(=O)OC(C)(C)C)CC1.I. The fourth-order valence-corrected chi connectivity index (χ4v) is 3.15. The van der Waals surface area contributed by atoms with Crippen molar-refractivity contribution in [3.63, 3.8) is 0 Å². The third-order valence-electron chi connectivity index (χ3n) is 4.57. The molecule has 2 rings (SSSR count). The predicted molar refractivity (Wildman–Crippen MR) is 127 cm³/mol. The molecule has 1 aromatic carbocycles. The second-order valence-corrected chi connectivity index (χ2v) is 8.26. The van der Waals surface area contributed by atoms with E-state index in [-0.39, 0.29) is 54.5 Å². The molecule has 0 unspecified atom stereocenters. The third-order valence-corrected chi connectivity index (χ3v) is 4.57. The van der Waals surface area contributed by atoms with Crippen LogP contribution < -0.4 is 20.7 Å². The van der Waals surface area contributed by atoms with Crippen LogP contribution in [0.4, 0.5) is 13.6 Å². The minimum absolute atomic E-state index is 0. The van der Waals surface area contributed by atoms with E-state index in [1.54, 1.807) is 7.05 Å². The van der Waals surface area contributed by atoms with Gasteiger partial charge in [-0.1, -0.05) is 0 Å². The quantitative estimate of drug-likeness (QED) is 0.215. The van der Waals surface area contributed by atoms with Gasteiger partial charge in [0.05, 0.1) is 6.54 Å². The van der Waals surface area contributed by atoms with Crippen LogP contribution in [0, 0.1) is 11.6 Å². The van der Waals surface area contributed by atoms with Gasteiger partial charge in [-0.05, 0) is 58.6 Å². The monoisotopic (exact) mass is 554 g/mol. The van der Waals surface area contributed by atoms with Crippen molar-refractivity contribution >= 4 is 36.0 Å². The molecule has 10 heteroatoms. The Morgan fingerprint density at radius 1 is 1.10 bits per heavy atom. The minimum Gasteiger partial charge on any atom is -0.492 e. The van der Waals surface area contributed by atoms with E-state index in [0.29, 0.717) is 12.5 Å². The minimum atomic E-state index is -0.935. The maximum absolute atomic E-state index is 13.2. The summed E-state index contributed by atoms with van der Waals surface area (Å²) in [7, 11) is 1.68. The lowest BCUT2D eigenvalue weighted by molar-refractivity contribution is 0.0490. The van der Waals surface area contributed by atoms with Crippen molar-refractivity contribution in [2.24, 2.45) is 4.99 Å². The van der Waals surface area contributed by atoms with Crippen LogP contribution in [0.1, 0.15) is 46.5 Å². The predicted octanol–water partition coefficient (Wildman–Crippen LogP) is 3.96.